The van der Waals surface area contributed by atoms with Gasteiger partial charge in [-0.2, -0.15) is 0 Å². The number of allylic oxidation sites excluding steroid dienone is 6. The molecule has 0 heterocycles. The van der Waals surface area contributed by atoms with E-state index in [4.69, 9.17) is 14.2 Å². The Bertz CT molecular complexity index is 1090. The molecule has 0 spiro atoms. The van der Waals surface area contributed by atoms with Crippen molar-refractivity contribution >= 4 is 17.9 Å². The van der Waals surface area contributed by atoms with Gasteiger partial charge in [0.15, 0.2) is 6.10 Å². The smallest absolute Gasteiger partial charge is 0.306 e. The molecule has 0 aromatic carbocycles. The Morgan fingerprint density at radius 3 is 0.892 bits per heavy atom. The lowest BCUT2D eigenvalue weighted by atomic mass is 10.0. The van der Waals surface area contributed by atoms with E-state index in [-0.39, 0.29) is 31.1 Å². The van der Waals surface area contributed by atoms with Crippen LogP contribution < -0.4 is 0 Å². The van der Waals surface area contributed by atoms with Crippen LogP contribution in [0.15, 0.2) is 36.5 Å². The molecule has 0 saturated heterocycles. The molecule has 0 aliphatic carbocycles. The number of rotatable bonds is 52. The van der Waals surface area contributed by atoms with Crippen LogP contribution in [0.1, 0.15) is 303 Å². The summed E-state index contributed by atoms with van der Waals surface area (Å²) in [5.41, 5.74) is 0. The Balaban J connectivity index is 4.37. The predicted octanol–water partition coefficient (Wildman–Crippen LogP) is 18.9. The second-order valence-electron chi connectivity index (χ2n) is 19.2. The highest BCUT2D eigenvalue weighted by Crippen LogP contribution is 2.16. The number of hydrogen-bond donors (Lipinski definition) is 0. The monoisotopic (exact) mass is 913 g/mol. The van der Waals surface area contributed by atoms with Crippen LogP contribution in [0.3, 0.4) is 0 Å². The number of carbonyl (C=O) groups excluding carboxylic acids is 3. The zero-order valence-electron chi connectivity index (χ0n) is 43.5. The van der Waals surface area contributed by atoms with Crippen LogP contribution in [-0.2, 0) is 28.6 Å². The van der Waals surface area contributed by atoms with Gasteiger partial charge in [-0.1, -0.05) is 243 Å². The van der Waals surface area contributed by atoms with Gasteiger partial charge in [-0.05, 0) is 77.0 Å². The van der Waals surface area contributed by atoms with Crippen molar-refractivity contribution in [2.24, 2.45) is 0 Å². The summed E-state index contributed by atoms with van der Waals surface area (Å²) in [5.74, 6) is -0.875. The minimum atomic E-state index is -0.776. The van der Waals surface area contributed by atoms with E-state index < -0.39 is 6.10 Å². The Hall–Kier alpha value is -2.37. The topological polar surface area (TPSA) is 78.9 Å². The third-order valence-electron chi connectivity index (χ3n) is 12.6. The minimum absolute atomic E-state index is 0.0745. The first-order chi connectivity index (χ1) is 32.0. The maximum atomic E-state index is 12.8. The summed E-state index contributed by atoms with van der Waals surface area (Å²) in [5, 5.41) is 0. The van der Waals surface area contributed by atoms with Gasteiger partial charge in [-0.25, -0.2) is 0 Å². The average Bonchev–Trinajstić information content (AvgIpc) is 3.30. The van der Waals surface area contributed by atoms with Crippen molar-refractivity contribution in [1.29, 1.82) is 0 Å². The van der Waals surface area contributed by atoms with Crippen LogP contribution in [-0.4, -0.2) is 37.2 Å². The summed E-state index contributed by atoms with van der Waals surface area (Å²) in [6.07, 6.45) is 64.1. The zero-order valence-corrected chi connectivity index (χ0v) is 43.5. The van der Waals surface area contributed by atoms with Gasteiger partial charge in [0.05, 0.1) is 0 Å². The molecule has 0 rings (SSSR count). The Morgan fingerprint density at radius 2 is 0.554 bits per heavy atom. The van der Waals surface area contributed by atoms with Gasteiger partial charge in [-0.3, -0.25) is 14.4 Å². The molecule has 65 heavy (non-hydrogen) atoms. The second kappa shape index (κ2) is 54.2. The van der Waals surface area contributed by atoms with E-state index in [1.54, 1.807) is 0 Å². The zero-order chi connectivity index (χ0) is 47.2. The van der Waals surface area contributed by atoms with E-state index in [0.717, 1.165) is 77.0 Å². The van der Waals surface area contributed by atoms with Crippen LogP contribution in [0.4, 0.5) is 0 Å². The number of ether oxygens (including phenoxy) is 3. The molecule has 0 aliphatic heterocycles. The Kier molecular flexibility index (Phi) is 52.3. The van der Waals surface area contributed by atoms with Crippen LogP contribution in [0, 0.1) is 0 Å². The van der Waals surface area contributed by atoms with Gasteiger partial charge in [0.25, 0.3) is 0 Å². The standard InChI is InChI=1S/C59H108O6/c1-4-7-10-13-16-19-22-25-28-30-32-34-37-40-43-46-49-52-58(61)64-55-56(54-63-57(60)51-48-45-42-39-36-33-27-24-21-18-15-12-9-6-3)65-59(62)53-50-47-44-41-38-35-31-29-26-23-20-17-14-11-8-5-2/h16,19,25,28-29,31,56H,4-15,17-18,20-24,26-27,30,32-55H2,1-3H3/b19-16-,28-25-,31-29-. The quantitative estimate of drug-likeness (QED) is 0.0262. The van der Waals surface area contributed by atoms with Crippen LogP contribution in [0.2, 0.25) is 0 Å². The normalized spacial score (nSPS) is 12.2. The van der Waals surface area contributed by atoms with Crippen molar-refractivity contribution in [2.45, 2.75) is 309 Å². The average molecular weight is 914 g/mol. The van der Waals surface area contributed by atoms with E-state index >= 15 is 0 Å². The van der Waals surface area contributed by atoms with E-state index in [0.29, 0.717) is 19.3 Å². The number of hydrogen-bond acceptors (Lipinski definition) is 6. The maximum absolute atomic E-state index is 12.8. The molecule has 0 amide bonds. The van der Waals surface area contributed by atoms with Gasteiger partial charge < -0.3 is 14.2 Å². The molecular formula is C59H108O6. The molecule has 1 unspecified atom stereocenters. The molecule has 0 bridgehead atoms. The molecule has 0 aliphatic rings. The van der Waals surface area contributed by atoms with E-state index in [1.807, 2.05) is 0 Å². The minimum Gasteiger partial charge on any atom is -0.462 e. The van der Waals surface area contributed by atoms with Crippen LogP contribution in [0.5, 0.6) is 0 Å². The van der Waals surface area contributed by atoms with Gasteiger partial charge in [-0.15, -0.1) is 0 Å². The molecule has 6 heteroatoms. The highest BCUT2D eigenvalue weighted by Gasteiger charge is 2.19. The highest BCUT2D eigenvalue weighted by molar-refractivity contribution is 5.71. The van der Waals surface area contributed by atoms with E-state index in [9.17, 15) is 14.4 Å². The summed E-state index contributed by atoms with van der Waals surface area (Å²) in [4.78, 5) is 38.1. The fourth-order valence-corrected chi connectivity index (χ4v) is 8.29. The third-order valence-corrected chi connectivity index (χ3v) is 12.6. The van der Waals surface area contributed by atoms with Crippen molar-refractivity contribution in [3.05, 3.63) is 36.5 Å². The van der Waals surface area contributed by atoms with Crippen molar-refractivity contribution in [3.63, 3.8) is 0 Å². The molecular weight excluding hydrogens is 805 g/mol. The third kappa shape index (κ3) is 52.5. The van der Waals surface area contributed by atoms with E-state index in [1.165, 1.54) is 186 Å². The van der Waals surface area contributed by atoms with Crippen molar-refractivity contribution in [1.82, 2.24) is 0 Å². The summed E-state index contributed by atoms with van der Waals surface area (Å²) in [7, 11) is 0. The first-order valence-electron chi connectivity index (χ1n) is 28.5. The van der Waals surface area contributed by atoms with E-state index in [2.05, 4.69) is 57.2 Å². The summed E-state index contributed by atoms with van der Waals surface area (Å²) in [6.45, 7) is 6.63. The maximum Gasteiger partial charge on any atom is 0.306 e. The fraction of sp³-hybridized carbons (Fsp3) is 0.847. The van der Waals surface area contributed by atoms with Crippen LogP contribution in [0.25, 0.3) is 0 Å². The molecule has 0 aromatic rings. The van der Waals surface area contributed by atoms with Gasteiger partial charge in [0, 0.05) is 19.3 Å². The summed E-state index contributed by atoms with van der Waals surface area (Å²) >= 11 is 0. The number of esters is 3. The molecule has 0 saturated carbocycles. The Labute approximate surface area is 404 Å². The first kappa shape index (κ1) is 62.6. The predicted molar refractivity (Wildman–Crippen MR) is 279 cm³/mol. The molecule has 0 N–H and O–H groups in total. The highest BCUT2D eigenvalue weighted by atomic mass is 16.6. The van der Waals surface area contributed by atoms with Gasteiger partial charge in [0.2, 0.25) is 0 Å². The molecule has 0 fully saturated rings. The van der Waals surface area contributed by atoms with Gasteiger partial charge >= 0.3 is 17.9 Å². The second-order valence-corrected chi connectivity index (χ2v) is 19.2. The van der Waals surface area contributed by atoms with Crippen molar-refractivity contribution in [2.75, 3.05) is 13.2 Å². The summed E-state index contributed by atoms with van der Waals surface area (Å²) < 4.78 is 16.9. The lowest BCUT2D eigenvalue weighted by Gasteiger charge is -2.18. The number of unbranched alkanes of at least 4 members (excludes halogenated alkanes) is 35. The largest absolute Gasteiger partial charge is 0.462 e. The number of carbonyl (C=O) groups is 3. The fourth-order valence-electron chi connectivity index (χ4n) is 8.29. The molecule has 0 aromatic heterocycles. The molecule has 6 nitrogen and oxygen atoms in total. The molecule has 0 radical (unpaired) electrons. The Morgan fingerprint density at radius 1 is 0.308 bits per heavy atom. The molecule has 380 valence electrons. The van der Waals surface area contributed by atoms with Crippen molar-refractivity contribution < 1.29 is 28.6 Å². The molecule has 1 atom stereocenters. The van der Waals surface area contributed by atoms with Crippen LogP contribution >= 0.6 is 0 Å². The first-order valence-corrected chi connectivity index (χ1v) is 28.5. The SMILES string of the molecule is CCCCC/C=C\C/C=C\CCCCCCCCCC(=O)OCC(COC(=O)CCCCCCCCCCCCCCCC)OC(=O)CCCCCCC/C=C\CCCCCCCCC. The van der Waals surface area contributed by atoms with Gasteiger partial charge in [0.1, 0.15) is 13.2 Å². The van der Waals surface area contributed by atoms with Crippen molar-refractivity contribution in [3.8, 4) is 0 Å². The summed E-state index contributed by atoms with van der Waals surface area (Å²) in [6, 6.07) is 0. The lowest BCUT2D eigenvalue weighted by molar-refractivity contribution is -0.167. The lowest BCUT2D eigenvalue weighted by Crippen LogP contribution is -2.30.